The second-order valence-electron chi connectivity index (χ2n) is 5.81. The van der Waals surface area contributed by atoms with Gasteiger partial charge in [-0.05, 0) is 36.8 Å². The average Bonchev–Trinajstić information content (AvgIpc) is 2.94. The van der Waals surface area contributed by atoms with E-state index in [9.17, 15) is 9.90 Å². The molecular weight excluding hydrogens is 326 g/mol. The zero-order valence-corrected chi connectivity index (χ0v) is 14.2. The van der Waals surface area contributed by atoms with Crippen LogP contribution in [0.5, 0.6) is 0 Å². The van der Waals surface area contributed by atoms with Gasteiger partial charge in [-0.15, -0.1) is 0 Å². The molecule has 0 radical (unpaired) electrons. The van der Waals surface area contributed by atoms with E-state index in [0.29, 0.717) is 11.4 Å². The molecule has 2 aromatic rings. The van der Waals surface area contributed by atoms with Gasteiger partial charge in [-0.1, -0.05) is 41.9 Å². The number of nitrogens with zero attached hydrogens (tertiary/aromatic N) is 1. The zero-order chi connectivity index (χ0) is 17.1. The van der Waals surface area contributed by atoms with Crippen LogP contribution in [0.15, 0.2) is 54.6 Å². The maximum atomic E-state index is 12.4. The van der Waals surface area contributed by atoms with E-state index in [1.165, 1.54) is 0 Å². The van der Waals surface area contributed by atoms with E-state index in [-0.39, 0.29) is 12.6 Å². The van der Waals surface area contributed by atoms with Crippen LogP contribution in [0.3, 0.4) is 0 Å². The van der Waals surface area contributed by atoms with Crippen molar-refractivity contribution in [2.24, 2.45) is 0 Å². The standard InChI is InChI=1S/C19H20ClNO3/c1-2-24-19(23)18-17(22)12-16(13-8-10-14(20)11-9-13)21(18)15-6-4-3-5-7-15/h3-11,16-18,22H,2,12H2,1H3/t16-,17-,18+/m1/s1. The Kier molecular flexibility index (Phi) is 5.07. The lowest BCUT2D eigenvalue weighted by atomic mass is 10.0. The van der Waals surface area contributed by atoms with Crippen LogP contribution in [-0.2, 0) is 9.53 Å². The van der Waals surface area contributed by atoms with Crippen molar-refractivity contribution in [2.45, 2.75) is 31.5 Å². The van der Waals surface area contributed by atoms with Gasteiger partial charge in [0, 0.05) is 17.1 Å². The molecule has 0 spiro atoms. The molecule has 0 bridgehead atoms. The molecule has 1 fully saturated rings. The number of para-hydroxylation sites is 1. The fraction of sp³-hybridized carbons (Fsp3) is 0.316. The molecule has 3 rings (SSSR count). The molecule has 5 heteroatoms. The van der Waals surface area contributed by atoms with Crippen molar-refractivity contribution in [3.05, 3.63) is 65.2 Å². The molecular formula is C19H20ClNO3. The summed E-state index contributed by atoms with van der Waals surface area (Å²) in [5.74, 6) is -0.398. The number of hydrogen-bond acceptors (Lipinski definition) is 4. The first kappa shape index (κ1) is 16.8. The van der Waals surface area contributed by atoms with Crippen LogP contribution in [0.4, 0.5) is 5.69 Å². The van der Waals surface area contributed by atoms with Crippen LogP contribution in [0.1, 0.15) is 24.9 Å². The number of halogens is 1. The van der Waals surface area contributed by atoms with Crippen molar-refractivity contribution in [3.8, 4) is 0 Å². The lowest BCUT2D eigenvalue weighted by Gasteiger charge is -2.31. The fourth-order valence-electron chi connectivity index (χ4n) is 3.27. The molecule has 0 aliphatic carbocycles. The number of hydrogen-bond donors (Lipinski definition) is 1. The van der Waals surface area contributed by atoms with E-state index in [1.54, 1.807) is 6.92 Å². The number of ether oxygens (including phenoxy) is 1. The molecule has 24 heavy (non-hydrogen) atoms. The maximum Gasteiger partial charge on any atom is 0.331 e. The molecule has 1 saturated heterocycles. The predicted octanol–water partition coefficient (Wildman–Crippen LogP) is 3.58. The summed E-state index contributed by atoms with van der Waals surface area (Å²) in [6.07, 6.45) is -0.329. The van der Waals surface area contributed by atoms with Gasteiger partial charge in [0.25, 0.3) is 0 Å². The second-order valence-corrected chi connectivity index (χ2v) is 6.25. The van der Waals surface area contributed by atoms with Crippen LogP contribution >= 0.6 is 11.6 Å². The SMILES string of the molecule is CCOC(=O)[C@@H]1[C@H](O)C[C@H](c2ccc(Cl)cc2)N1c1ccccc1. The summed E-state index contributed by atoms with van der Waals surface area (Å²) >= 11 is 5.98. The van der Waals surface area contributed by atoms with Gasteiger partial charge in [-0.3, -0.25) is 0 Å². The molecule has 1 aliphatic rings. The van der Waals surface area contributed by atoms with Gasteiger partial charge < -0.3 is 14.7 Å². The molecule has 3 atom stereocenters. The first-order valence-corrected chi connectivity index (χ1v) is 8.43. The van der Waals surface area contributed by atoms with Gasteiger partial charge in [-0.2, -0.15) is 0 Å². The number of benzene rings is 2. The van der Waals surface area contributed by atoms with E-state index in [2.05, 4.69) is 0 Å². The summed E-state index contributed by atoms with van der Waals surface area (Å²) in [5, 5.41) is 11.2. The third-order valence-electron chi connectivity index (χ3n) is 4.30. The third-order valence-corrected chi connectivity index (χ3v) is 4.55. The minimum absolute atomic E-state index is 0.117. The number of carbonyl (C=O) groups is 1. The van der Waals surface area contributed by atoms with Gasteiger partial charge in [0.15, 0.2) is 6.04 Å². The monoisotopic (exact) mass is 345 g/mol. The number of aliphatic hydroxyl groups is 1. The summed E-state index contributed by atoms with van der Waals surface area (Å²) in [4.78, 5) is 14.4. The Balaban J connectivity index is 2.01. The first-order chi connectivity index (χ1) is 11.6. The van der Waals surface area contributed by atoms with Gasteiger partial charge in [0.2, 0.25) is 0 Å². The molecule has 0 amide bonds. The minimum atomic E-state index is -0.787. The summed E-state index contributed by atoms with van der Waals surface area (Å²) < 4.78 is 5.19. The number of esters is 1. The lowest BCUT2D eigenvalue weighted by Crippen LogP contribution is -2.43. The van der Waals surface area contributed by atoms with E-state index >= 15 is 0 Å². The molecule has 1 aliphatic heterocycles. The molecule has 4 nitrogen and oxygen atoms in total. The molecule has 2 aromatic carbocycles. The van der Waals surface area contributed by atoms with Crippen molar-refractivity contribution in [2.75, 3.05) is 11.5 Å². The van der Waals surface area contributed by atoms with Crippen molar-refractivity contribution < 1.29 is 14.6 Å². The highest BCUT2D eigenvalue weighted by Gasteiger charge is 2.46. The van der Waals surface area contributed by atoms with E-state index in [0.717, 1.165) is 11.3 Å². The highest BCUT2D eigenvalue weighted by Crippen LogP contribution is 2.40. The van der Waals surface area contributed by atoms with Gasteiger partial charge in [0.05, 0.1) is 18.8 Å². The lowest BCUT2D eigenvalue weighted by molar-refractivity contribution is -0.146. The van der Waals surface area contributed by atoms with Crippen molar-refractivity contribution in [1.29, 1.82) is 0 Å². The second kappa shape index (κ2) is 7.24. The van der Waals surface area contributed by atoms with E-state index in [1.807, 2.05) is 59.5 Å². The summed E-state index contributed by atoms with van der Waals surface area (Å²) in [5.41, 5.74) is 1.89. The molecule has 126 valence electrons. The Hall–Kier alpha value is -2.04. The van der Waals surface area contributed by atoms with Gasteiger partial charge >= 0.3 is 5.97 Å². The summed E-state index contributed by atoms with van der Waals surface area (Å²) in [7, 11) is 0. The van der Waals surface area contributed by atoms with Crippen LogP contribution < -0.4 is 4.90 Å². The Morgan fingerprint density at radius 3 is 2.50 bits per heavy atom. The largest absolute Gasteiger partial charge is 0.464 e. The maximum absolute atomic E-state index is 12.4. The van der Waals surface area contributed by atoms with Crippen LogP contribution in [0.25, 0.3) is 0 Å². The Bertz CT molecular complexity index is 690. The number of anilines is 1. The quantitative estimate of drug-likeness (QED) is 0.860. The van der Waals surface area contributed by atoms with Crippen molar-refractivity contribution in [3.63, 3.8) is 0 Å². The first-order valence-electron chi connectivity index (χ1n) is 8.05. The summed E-state index contributed by atoms with van der Waals surface area (Å²) in [6, 6.07) is 16.3. The number of rotatable bonds is 4. The fourth-order valence-corrected chi connectivity index (χ4v) is 3.40. The summed E-state index contributed by atoms with van der Waals surface area (Å²) in [6.45, 7) is 2.05. The highest BCUT2D eigenvalue weighted by atomic mass is 35.5. The van der Waals surface area contributed by atoms with Crippen molar-refractivity contribution in [1.82, 2.24) is 0 Å². The van der Waals surface area contributed by atoms with Gasteiger partial charge in [-0.25, -0.2) is 4.79 Å². The molecule has 0 unspecified atom stereocenters. The molecule has 0 aromatic heterocycles. The zero-order valence-electron chi connectivity index (χ0n) is 13.4. The van der Waals surface area contributed by atoms with E-state index in [4.69, 9.17) is 16.3 Å². The van der Waals surface area contributed by atoms with Crippen LogP contribution in [0, 0.1) is 0 Å². The number of aliphatic hydroxyl groups excluding tert-OH is 1. The Morgan fingerprint density at radius 2 is 1.88 bits per heavy atom. The normalized spacial score (nSPS) is 23.3. The van der Waals surface area contributed by atoms with Crippen LogP contribution in [-0.4, -0.2) is 29.8 Å². The van der Waals surface area contributed by atoms with E-state index < -0.39 is 18.1 Å². The molecule has 1 N–H and O–H groups in total. The average molecular weight is 346 g/mol. The smallest absolute Gasteiger partial charge is 0.331 e. The molecule has 1 heterocycles. The number of carbonyl (C=O) groups excluding carboxylic acids is 1. The van der Waals surface area contributed by atoms with Gasteiger partial charge in [0.1, 0.15) is 0 Å². The van der Waals surface area contributed by atoms with Crippen molar-refractivity contribution >= 4 is 23.3 Å². The topological polar surface area (TPSA) is 49.8 Å². The predicted molar refractivity (Wildman–Crippen MR) is 94.2 cm³/mol. The Labute approximate surface area is 146 Å². The Morgan fingerprint density at radius 1 is 1.21 bits per heavy atom. The highest BCUT2D eigenvalue weighted by molar-refractivity contribution is 6.30. The minimum Gasteiger partial charge on any atom is -0.464 e. The van der Waals surface area contributed by atoms with Crippen LogP contribution in [0.2, 0.25) is 5.02 Å². The third kappa shape index (κ3) is 3.25. The molecule has 0 saturated carbocycles.